The zero-order valence-electron chi connectivity index (χ0n) is 22.1. The van der Waals surface area contributed by atoms with Gasteiger partial charge in [-0.3, -0.25) is 19.3 Å². The Bertz CT molecular complexity index is 1020. The molecule has 3 atom stereocenters. The van der Waals surface area contributed by atoms with Gasteiger partial charge in [-0.1, -0.05) is 13.3 Å². The average Bonchev–Trinajstić information content (AvgIpc) is 3.63. The number of carboxylic acid groups (broad SMARTS) is 1. The van der Waals surface area contributed by atoms with E-state index in [-0.39, 0.29) is 31.8 Å². The normalized spacial score (nSPS) is 22.9. The van der Waals surface area contributed by atoms with Gasteiger partial charge in [0.15, 0.2) is 11.5 Å². The number of fused-ring (bicyclic) bond motifs is 1. The first-order valence-electron chi connectivity index (χ1n) is 13.6. The van der Waals surface area contributed by atoms with Crippen molar-refractivity contribution in [1.29, 1.82) is 0 Å². The summed E-state index contributed by atoms with van der Waals surface area (Å²) in [6, 6.07) is 3.13. The molecular weight excluding hydrogens is 492 g/mol. The van der Waals surface area contributed by atoms with E-state index in [9.17, 15) is 24.6 Å². The van der Waals surface area contributed by atoms with E-state index in [4.69, 9.17) is 15.2 Å². The fraction of sp³-hybridized carbons (Fsp3) is 0.667. The molecule has 0 aromatic heterocycles. The van der Waals surface area contributed by atoms with Crippen molar-refractivity contribution >= 4 is 17.8 Å². The molecule has 0 bridgehead atoms. The highest BCUT2D eigenvalue weighted by atomic mass is 16.7. The summed E-state index contributed by atoms with van der Waals surface area (Å²) >= 11 is 0. The predicted octanol–water partition coefficient (Wildman–Crippen LogP) is 0.976. The molecular formula is C27H40N4O7. The number of benzene rings is 1. The van der Waals surface area contributed by atoms with Gasteiger partial charge in [0, 0.05) is 63.2 Å². The van der Waals surface area contributed by atoms with Crippen LogP contribution < -0.4 is 15.2 Å². The van der Waals surface area contributed by atoms with E-state index in [1.165, 1.54) is 0 Å². The summed E-state index contributed by atoms with van der Waals surface area (Å²) in [7, 11) is 0. The number of aliphatic carboxylic acids is 1. The van der Waals surface area contributed by atoms with Gasteiger partial charge in [0.2, 0.25) is 18.6 Å². The van der Waals surface area contributed by atoms with Crippen LogP contribution in [-0.4, -0.2) is 101 Å². The number of aliphatic hydroxyl groups excluding tert-OH is 1. The number of likely N-dealkylation sites (tertiary alicyclic amines) is 2. The van der Waals surface area contributed by atoms with Crippen LogP contribution >= 0.6 is 0 Å². The van der Waals surface area contributed by atoms with Crippen LogP contribution in [0.4, 0.5) is 0 Å². The second-order valence-corrected chi connectivity index (χ2v) is 10.3. The predicted molar refractivity (Wildman–Crippen MR) is 139 cm³/mol. The Kier molecular flexibility index (Phi) is 9.45. The minimum Gasteiger partial charge on any atom is -0.481 e. The Balaban J connectivity index is 1.62. The molecule has 2 saturated heterocycles. The highest BCUT2D eigenvalue weighted by Crippen LogP contribution is 2.44. The zero-order valence-corrected chi connectivity index (χ0v) is 22.1. The number of carbonyl (C=O) groups is 3. The van der Waals surface area contributed by atoms with Gasteiger partial charge in [-0.15, -0.1) is 0 Å². The van der Waals surface area contributed by atoms with E-state index in [0.717, 1.165) is 24.8 Å². The number of ether oxygens (including phenoxy) is 2. The average molecular weight is 533 g/mol. The van der Waals surface area contributed by atoms with Crippen LogP contribution in [-0.2, 0) is 21.0 Å². The largest absolute Gasteiger partial charge is 0.481 e. The summed E-state index contributed by atoms with van der Waals surface area (Å²) in [6.07, 6.45) is 3.60. The number of aliphatic hydroxyl groups is 1. The van der Waals surface area contributed by atoms with Crippen molar-refractivity contribution in [3.05, 3.63) is 23.3 Å². The van der Waals surface area contributed by atoms with Gasteiger partial charge in [-0.25, -0.2) is 0 Å². The topological polar surface area (TPSA) is 146 Å². The Labute approximate surface area is 223 Å². The smallest absolute Gasteiger partial charge is 0.308 e. The van der Waals surface area contributed by atoms with Crippen LogP contribution in [0.25, 0.3) is 0 Å². The molecule has 11 heteroatoms. The molecule has 2 fully saturated rings. The zero-order chi connectivity index (χ0) is 27.2. The standard InChI is InChI=1S/C27H40N4O7/c1-2-3-8-30(11-7-28)24(34)15-31-14-20(18-12-19(16-32)26-22(13-18)37-17-38-26)25(27(35)36)21(31)6-10-29-9-4-5-23(29)33/h12-13,20-21,25,32H,2-11,14-17,28H2,1H3,(H,35,36)/t20-,21+,25-/m1/s1. The van der Waals surface area contributed by atoms with E-state index < -0.39 is 23.8 Å². The Morgan fingerprint density at radius 2 is 2.05 bits per heavy atom. The molecule has 210 valence electrons. The second kappa shape index (κ2) is 12.8. The molecule has 3 heterocycles. The molecule has 1 aromatic rings. The van der Waals surface area contributed by atoms with Crippen molar-refractivity contribution < 1.29 is 34.1 Å². The maximum Gasteiger partial charge on any atom is 0.308 e. The van der Waals surface area contributed by atoms with E-state index in [1.54, 1.807) is 21.9 Å². The molecule has 0 unspecified atom stereocenters. The van der Waals surface area contributed by atoms with Crippen molar-refractivity contribution in [2.24, 2.45) is 11.7 Å². The minimum absolute atomic E-state index is 0.0423. The molecule has 4 N–H and O–H groups in total. The first-order chi connectivity index (χ1) is 18.4. The maximum atomic E-state index is 13.4. The lowest BCUT2D eigenvalue weighted by molar-refractivity contribution is -0.144. The molecule has 11 nitrogen and oxygen atoms in total. The number of hydrogen-bond acceptors (Lipinski definition) is 8. The van der Waals surface area contributed by atoms with Crippen molar-refractivity contribution in [3.8, 4) is 11.5 Å². The first-order valence-corrected chi connectivity index (χ1v) is 13.6. The SMILES string of the molecule is CCCCN(CCN)C(=O)CN1C[C@H](c2cc(CO)c3c(c2)OCO3)[C@@H](C(=O)O)[C@@H]1CCN1CCCC1=O. The number of unbranched alkanes of at least 4 members (excludes halogenated alkanes) is 1. The lowest BCUT2D eigenvalue weighted by Gasteiger charge is -2.30. The Morgan fingerprint density at radius 1 is 1.24 bits per heavy atom. The third kappa shape index (κ3) is 6.05. The fourth-order valence-electron chi connectivity index (χ4n) is 6.00. The summed E-state index contributed by atoms with van der Waals surface area (Å²) in [5, 5.41) is 20.3. The first kappa shape index (κ1) is 28.1. The van der Waals surface area contributed by atoms with Gasteiger partial charge in [-0.05, 0) is 37.0 Å². The maximum absolute atomic E-state index is 13.4. The fourth-order valence-corrected chi connectivity index (χ4v) is 6.00. The summed E-state index contributed by atoms with van der Waals surface area (Å²) in [6.45, 7) is 4.83. The van der Waals surface area contributed by atoms with E-state index in [2.05, 4.69) is 6.92 Å². The van der Waals surface area contributed by atoms with Crippen molar-refractivity contribution in [2.45, 2.75) is 57.6 Å². The molecule has 1 aromatic carbocycles. The molecule has 0 spiro atoms. The van der Waals surface area contributed by atoms with Crippen LogP contribution in [0.1, 0.15) is 56.1 Å². The highest BCUT2D eigenvalue weighted by Gasteiger charge is 2.47. The van der Waals surface area contributed by atoms with Crippen LogP contribution in [0.3, 0.4) is 0 Å². The van der Waals surface area contributed by atoms with Gasteiger partial charge < -0.3 is 35.2 Å². The van der Waals surface area contributed by atoms with Gasteiger partial charge >= 0.3 is 5.97 Å². The van der Waals surface area contributed by atoms with Crippen LogP contribution in [0.2, 0.25) is 0 Å². The van der Waals surface area contributed by atoms with E-state index in [1.807, 2.05) is 4.90 Å². The summed E-state index contributed by atoms with van der Waals surface area (Å²) < 4.78 is 11.1. The van der Waals surface area contributed by atoms with Crippen LogP contribution in [0.15, 0.2) is 12.1 Å². The van der Waals surface area contributed by atoms with E-state index >= 15 is 0 Å². The van der Waals surface area contributed by atoms with Gasteiger partial charge in [0.25, 0.3) is 0 Å². The third-order valence-corrected chi connectivity index (χ3v) is 7.94. The number of nitrogens with zero attached hydrogens (tertiary/aromatic N) is 3. The number of hydrogen-bond donors (Lipinski definition) is 3. The molecule has 0 saturated carbocycles. The number of carboxylic acids is 1. The molecule has 38 heavy (non-hydrogen) atoms. The molecule has 3 aliphatic heterocycles. The molecule has 2 amide bonds. The molecule has 0 radical (unpaired) electrons. The lowest BCUT2D eigenvalue weighted by Crippen LogP contribution is -2.46. The minimum atomic E-state index is -0.948. The number of carbonyl (C=O) groups excluding carboxylic acids is 2. The van der Waals surface area contributed by atoms with Gasteiger partial charge in [0.05, 0.1) is 19.1 Å². The molecule has 0 aliphatic carbocycles. The Morgan fingerprint density at radius 3 is 2.71 bits per heavy atom. The second-order valence-electron chi connectivity index (χ2n) is 10.3. The monoisotopic (exact) mass is 532 g/mol. The Hall–Kier alpha value is -2.89. The number of nitrogens with two attached hydrogens (primary N) is 1. The van der Waals surface area contributed by atoms with Crippen molar-refractivity contribution in [3.63, 3.8) is 0 Å². The van der Waals surface area contributed by atoms with Crippen molar-refractivity contribution in [2.75, 3.05) is 52.6 Å². The number of rotatable bonds is 13. The van der Waals surface area contributed by atoms with Gasteiger partial charge in [-0.2, -0.15) is 0 Å². The third-order valence-electron chi connectivity index (χ3n) is 7.94. The van der Waals surface area contributed by atoms with Crippen molar-refractivity contribution in [1.82, 2.24) is 14.7 Å². The molecule has 4 rings (SSSR count). The molecule has 3 aliphatic rings. The van der Waals surface area contributed by atoms with E-state index in [0.29, 0.717) is 69.2 Å². The summed E-state index contributed by atoms with van der Waals surface area (Å²) in [5.41, 5.74) is 7.04. The quantitative estimate of drug-likeness (QED) is 0.338. The van der Waals surface area contributed by atoms with Crippen LogP contribution in [0.5, 0.6) is 11.5 Å². The summed E-state index contributed by atoms with van der Waals surface area (Å²) in [4.78, 5) is 43.9. The highest BCUT2D eigenvalue weighted by molar-refractivity contribution is 5.79. The number of amides is 2. The summed E-state index contributed by atoms with van der Waals surface area (Å²) in [5.74, 6) is -1.20. The lowest BCUT2D eigenvalue weighted by atomic mass is 9.83. The van der Waals surface area contributed by atoms with Gasteiger partial charge in [0.1, 0.15) is 0 Å². The van der Waals surface area contributed by atoms with Crippen LogP contribution in [0, 0.1) is 5.92 Å².